The molecule has 0 aliphatic carbocycles. The molecule has 5 aromatic heterocycles. The molecule has 0 amide bonds. The molecule has 0 saturated carbocycles. The Kier molecular flexibility index (Phi) is 7.36. The summed E-state index contributed by atoms with van der Waals surface area (Å²) >= 11 is 0. The van der Waals surface area contributed by atoms with Gasteiger partial charge in [-0.15, -0.1) is 0 Å². The molecule has 0 N–H and O–H groups in total. The Morgan fingerprint density at radius 1 is 0.390 bits per heavy atom. The quantitative estimate of drug-likeness (QED) is 0.168. The van der Waals surface area contributed by atoms with Gasteiger partial charge in [-0.2, -0.15) is 9.97 Å². The fraction of sp³-hybridized carbons (Fsp3) is 0. The third-order valence-corrected chi connectivity index (χ3v) is 11.1. The average Bonchev–Trinajstić information content (AvgIpc) is 4.01. The molecule has 0 spiro atoms. The Hall–Kier alpha value is -8.23. The maximum Gasteiger partial charge on any atom is 0.238 e. The predicted molar refractivity (Wildman–Crippen MR) is 236 cm³/mol. The lowest BCUT2D eigenvalue weighted by molar-refractivity contribution is 0.621. The molecule has 0 unspecified atom stereocenters. The molecule has 0 bridgehead atoms. The lowest BCUT2D eigenvalue weighted by Gasteiger charge is -2.13. The van der Waals surface area contributed by atoms with Crippen molar-refractivity contribution in [3.8, 4) is 57.0 Å². The van der Waals surface area contributed by atoms with Crippen molar-refractivity contribution < 1.29 is 4.42 Å². The second kappa shape index (κ2) is 13.2. The summed E-state index contributed by atoms with van der Waals surface area (Å²) in [5.74, 6) is 2.31. The van der Waals surface area contributed by atoms with Gasteiger partial charge in [-0.1, -0.05) is 121 Å². The van der Waals surface area contributed by atoms with E-state index in [0.29, 0.717) is 23.5 Å². The van der Waals surface area contributed by atoms with Crippen LogP contribution in [-0.2, 0) is 0 Å². The van der Waals surface area contributed by atoms with E-state index in [-0.39, 0.29) is 0 Å². The first-order valence-electron chi connectivity index (χ1n) is 19.5. The smallest absolute Gasteiger partial charge is 0.238 e. The number of benzene rings is 7. The lowest BCUT2D eigenvalue weighted by Crippen LogP contribution is -2.07. The van der Waals surface area contributed by atoms with Gasteiger partial charge in [0.2, 0.25) is 11.8 Å². The van der Waals surface area contributed by atoms with Crippen molar-refractivity contribution in [2.75, 3.05) is 0 Å². The van der Waals surface area contributed by atoms with Crippen LogP contribution in [0, 0.1) is 0 Å². The highest BCUT2D eigenvalue weighted by Gasteiger charge is 2.24. The van der Waals surface area contributed by atoms with Crippen LogP contribution < -0.4 is 0 Å². The molecule has 0 fully saturated rings. The Morgan fingerprint density at radius 3 is 1.64 bits per heavy atom. The topological polar surface area (TPSA) is 87.5 Å². The number of para-hydroxylation sites is 3. The zero-order valence-corrected chi connectivity index (χ0v) is 31.4. The molecule has 0 saturated heterocycles. The molecule has 0 aliphatic heterocycles. The molecule has 5 heterocycles. The Balaban J connectivity index is 1.11. The number of nitrogens with zero attached hydrogens (tertiary/aromatic N) is 7. The van der Waals surface area contributed by atoms with Crippen LogP contribution >= 0.6 is 0 Å². The number of fused-ring (bicyclic) bond motifs is 8. The molecule has 12 aromatic rings. The summed E-state index contributed by atoms with van der Waals surface area (Å²) in [5.41, 5.74) is 11.5. The van der Waals surface area contributed by atoms with E-state index in [2.05, 4.69) is 105 Å². The summed E-state index contributed by atoms with van der Waals surface area (Å²) in [7, 11) is 0. The van der Waals surface area contributed by atoms with Gasteiger partial charge in [-0.25, -0.2) is 9.97 Å². The fourth-order valence-electron chi connectivity index (χ4n) is 8.46. The first-order chi connectivity index (χ1) is 29.3. The van der Waals surface area contributed by atoms with Crippen molar-refractivity contribution >= 4 is 54.7 Å². The number of oxazole rings is 1. The van der Waals surface area contributed by atoms with Gasteiger partial charge in [-0.05, 0) is 60.2 Å². The number of hydrogen-bond acceptors (Lipinski definition) is 6. The Labute approximate surface area is 337 Å². The Bertz CT molecular complexity index is 3480. The van der Waals surface area contributed by atoms with Crippen LogP contribution in [0.2, 0.25) is 0 Å². The maximum atomic E-state index is 6.42. The van der Waals surface area contributed by atoms with Gasteiger partial charge in [0.1, 0.15) is 5.52 Å². The van der Waals surface area contributed by atoms with Crippen LogP contribution in [0.25, 0.3) is 112 Å². The molecule has 0 aliphatic rings. The highest BCUT2D eigenvalue weighted by molar-refractivity contribution is 6.23. The zero-order valence-electron chi connectivity index (χ0n) is 31.4. The number of hydrogen-bond donors (Lipinski definition) is 0. The van der Waals surface area contributed by atoms with Crippen LogP contribution in [0.1, 0.15) is 0 Å². The summed E-state index contributed by atoms with van der Waals surface area (Å²) in [6.07, 6.45) is 3.53. The van der Waals surface area contributed by atoms with Crippen LogP contribution in [0.15, 0.2) is 193 Å². The lowest BCUT2D eigenvalue weighted by atomic mass is 10.0. The molecule has 12 rings (SSSR count). The molecule has 8 heteroatoms. The number of aromatic nitrogens is 7. The van der Waals surface area contributed by atoms with Gasteiger partial charge < -0.3 is 8.98 Å². The van der Waals surface area contributed by atoms with Crippen molar-refractivity contribution in [1.29, 1.82) is 0 Å². The molecular formula is C51H31N7O. The summed E-state index contributed by atoms with van der Waals surface area (Å²) in [6.45, 7) is 0. The van der Waals surface area contributed by atoms with Crippen molar-refractivity contribution in [2.45, 2.75) is 0 Å². The van der Waals surface area contributed by atoms with Gasteiger partial charge in [-0.3, -0.25) is 9.55 Å². The second-order valence-electron chi connectivity index (χ2n) is 14.5. The first-order valence-corrected chi connectivity index (χ1v) is 19.5. The molecule has 7 aromatic carbocycles. The van der Waals surface area contributed by atoms with Crippen molar-refractivity contribution in [2.24, 2.45) is 0 Å². The van der Waals surface area contributed by atoms with Gasteiger partial charge in [0.05, 0.1) is 22.1 Å². The van der Waals surface area contributed by atoms with Crippen molar-refractivity contribution in [3.63, 3.8) is 0 Å². The summed E-state index contributed by atoms with van der Waals surface area (Å²) < 4.78 is 11.0. The third kappa shape index (κ3) is 5.27. The van der Waals surface area contributed by atoms with E-state index in [1.54, 1.807) is 12.4 Å². The fourth-order valence-corrected chi connectivity index (χ4v) is 8.46. The molecule has 0 atom stereocenters. The summed E-state index contributed by atoms with van der Waals surface area (Å²) in [4.78, 5) is 24.5. The highest BCUT2D eigenvalue weighted by Crippen LogP contribution is 2.42. The van der Waals surface area contributed by atoms with E-state index >= 15 is 0 Å². The molecule has 59 heavy (non-hydrogen) atoms. The normalized spacial score (nSPS) is 11.7. The van der Waals surface area contributed by atoms with Gasteiger partial charge in [0.25, 0.3) is 0 Å². The van der Waals surface area contributed by atoms with Crippen LogP contribution in [0.4, 0.5) is 0 Å². The van der Waals surface area contributed by atoms with Gasteiger partial charge >= 0.3 is 0 Å². The third-order valence-electron chi connectivity index (χ3n) is 11.1. The molecular weight excluding hydrogens is 727 g/mol. The van der Waals surface area contributed by atoms with Crippen LogP contribution in [-0.4, -0.2) is 34.1 Å². The predicted octanol–water partition coefficient (Wildman–Crippen LogP) is 12.3. The minimum absolute atomic E-state index is 0.534. The standard InChI is InChI=1S/C51H31N7O/c1-3-12-33(13-4-1)48-54-49(34-28-30-52-31-29-34)56-51(55-48)58-44-21-10-8-17-39(44)41-27-26-40-38-16-7-9-20-43(38)57(45(40)46(41)58)36-24-22-32(23-25-36)37-18-11-19-42-47(37)59-50(53-42)35-14-5-2-6-15-35/h1-31H. The molecule has 0 radical (unpaired) electrons. The summed E-state index contributed by atoms with van der Waals surface area (Å²) in [5, 5.41) is 4.50. The summed E-state index contributed by atoms with van der Waals surface area (Å²) in [6, 6.07) is 60.4. The average molecular weight is 758 g/mol. The highest BCUT2D eigenvalue weighted by atomic mass is 16.3. The first kappa shape index (κ1) is 33.0. The second-order valence-corrected chi connectivity index (χ2v) is 14.5. The monoisotopic (exact) mass is 757 g/mol. The minimum atomic E-state index is 0.534. The van der Waals surface area contributed by atoms with E-state index < -0.39 is 0 Å². The van der Waals surface area contributed by atoms with Gasteiger partial charge in [0.15, 0.2) is 17.2 Å². The van der Waals surface area contributed by atoms with Crippen LogP contribution in [0.5, 0.6) is 0 Å². The van der Waals surface area contributed by atoms with Crippen molar-refractivity contribution in [1.82, 2.24) is 34.1 Å². The van der Waals surface area contributed by atoms with Crippen molar-refractivity contribution in [3.05, 3.63) is 188 Å². The zero-order chi connectivity index (χ0) is 38.9. The number of pyridine rings is 1. The van der Waals surface area contributed by atoms with E-state index in [9.17, 15) is 0 Å². The Morgan fingerprint density at radius 2 is 0.966 bits per heavy atom. The molecule has 8 nitrogen and oxygen atoms in total. The van der Waals surface area contributed by atoms with E-state index in [4.69, 9.17) is 24.4 Å². The van der Waals surface area contributed by atoms with Crippen LogP contribution in [0.3, 0.4) is 0 Å². The maximum absolute atomic E-state index is 6.42. The van der Waals surface area contributed by atoms with Gasteiger partial charge in [0, 0.05) is 61.9 Å². The minimum Gasteiger partial charge on any atom is -0.435 e. The van der Waals surface area contributed by atoms with E-state index in [1.165, 1.54) is 0 Å². The van der Waals surface area contributed by atoms with E-state index in [1.807, 2.05) is 84.9 Å². The number of rotatable bonds is 6. The molecule has 276 valence electrons. The van der Waals surface area contributed by atoms with E-state index in [0.717, 1.165) is 88.2 Å². The largest absolute Gasteiger partial charge is 0.435 e. The SMILES string of the molecule is c1ccc(-c2nc(-c3ccncc3)nc(-n3c4ccccc4c4ccc5c6ccccc6n(-c6ccc(-c7cccc8nc(-c9ccccc9)oc78)cc6)c5c43)n2)cc1.